The van der Waals surface area contributed by atoms with E-state index in [2.05, 4.69) is 21.2 Å². The summed E-state index contributed by atoms with van der Waals surface area (Å²) in [5.41, 5.74) is 2.13. The molecule has 0 aliphatic carbocycles. The minimum atomic E-state index is -0.503. The minimum absolute atomic E-state index is 0.155. The summed E-state index contributed by atoms with van der Waals surface area (Å²) in [5.74, 6) is -0.155. The van der Waals surface area contributed by atoms with Crippen molar-refractivity contribution in [2.24, 2.45) is 0 Å². The Morgan fingerprint density at radius 1 is 1.11 bits per heavy atom. The van der Waals surface area contributed by atoms with E-state index in [4.69, 9.17) is 0 Å². The molecular formula is C15H14BrNO2. The Hall–Kier alpha value is -1.65. The lowest BCUT2D eigenvalue weighted by molar-refractivity contribution is 0.102. The van der Waals surface area contributed by atoms with Crippen molar-refractivity contribution in [3.63, 3.8) is 0 Å². The summed E-state index contributed by atoms with van der Waals surface area (Å²) >= 11 is 3.33. The monoisotopic (exact) mass is 319 g/mol. The number of amides is 1. The summed E-state index contributed by atoms with van der Waals surface area (Å²) < 4.78 is 0.935. The molecule has 2 N–H and O–H groups in total. The number of aliphatic hydroxyl groups excluding tert-OH is 1. The molecule has 0 radical (unpaired) electrons. The van der Waals surface area contributed by atoms with Gasteiger partial charge in [0.05, 0.1) is 6.10 Å². The summed E-state index contributed by atoms with van der Waals surface area (Å²) in [6, 6.07) is 14.3. The molecule has 0 saturated carbocycles. The van der Waals surface area contributed by atoms with Crippen molar-refractivity contribution in [1.82, 2.24) is 0 Å². The van der Waals surface area contributed by atoms with E-state index in [1.807, 2.05) is 12.1 Å². The molecule has 0 fully saturated rings. The van der Waals surface area contributed by atoms with Crippen molar-refractivity contribution < 1.29 is 9.90 Å². The standard InChI is InChI=1S/C15H14BrNO2/c1-10(18)11-4-8-14(9-5-11)17-15(19)12-2-6-13(16)7-3-12/h2-10,18H,1H3,(H,17,19)/t10-/m0/s1. The number of halogens is 1. The topological polar surface area (TPSA) is 49.3 Å². The van der Waals surface area contributed by atoms with Crippen LogP contribution in [0.15, 0.2) is 53.0 Å². The SMILES string of the molecule is C[C@H](O)c1ccc(NC(=O)c2ccc(Br)cc2)cc1. The molecule has 3 nitrogen and oxygen atoms in total. The highest BCUT2D eigenvalue weighted by Crippen LogP contribution is 2.17. The average Bonchev–Trinajstić information content (AvgIpc) is 2.40. The first-order valence-corrected chi connectivity index (χ1v) is 6.70. The number of carbonyl (C=O) groups excluding carboxylic acids is 1. The summed E-state index contributed by atoms with van der Waals surface area (Å²) in [7, 11) is 0. The van der Waals surface area contributed by atoms with E-state index in [-0.39, 0.29) is 5.91 Å². The van der Waals surface area contributed by atoms with Gasteiger partial charge < -0.3 is 10.4 Å². The van der Waals surface area contributed by atoms with Crippen molar-refractivity contribution >= 4 is 27.5 Å². The Labute approximate surface area is 120 Å². The smallest absolute Gasteiger partial charge is 0.255 e. The number of anilines is 1. The van der Waals surface area contributed by atoms with Crippen LogP contribution < -0.4 is 5.32 Å². The number of aliphatic hydroxyl groups is 1. The van der Waals surface area contributed by atoms with Gasteiger partial charge in [-0.25, -0.2) is 0 Å². The predicted octanol–water partition coefficient (Wildman–Crippen LogP) is 3.75. The Kier molecular flexibility index (Phi) is 4.35. The highest BCUT2D eigenvalue weighted by molar-refractivity contribution is 9.10. The first kappa shape index (κ1) is 13.8. The van der Waals surface area contributed by atoms with E-state index in [1.165, 1.54) is 0 Å². The second-order valence-corrected chi connectivity index (χ2v) is 5.17. The van der Waals surface area contributed by atoms with Gasteiger partial charge in [-0.05, 0) is 48.9 Å². The summed E-state index contributed by atoms with van der Waals surface area (Å²) in [6.07, 6.45) is -0.503. The van der Waals surface area contributed by atoms with Crippen LogP contribution in [0.3, 0.4) is 0 Å². The molecule has 1 amide bonds. The van der Waals surface area contributed by atoms with E-state index >= 15 is 0 Å². The van der Waals surface area contributed by atoms with Crippen LogP contribution in [0.25, 0.3) is 0 Å². The fourth-order valence-corrected chi connectivity index (χ4v) is 1.91. The van der Waals surface area contributed by atoms with Crippen LogP contribution in [0.1, 0.15) is 28.9 Å². The fraction of sp³-hybridized carbons (Fsp3) is 0.133. The maximum Gasteiger partial charge on any atom is 0.255 e. The van der Waals surface area contributed by atoms with Crippen molar-refractivity contribution in [2.75, 3.05) is 5.32 Å². The van der Waals surface area contributed by atoms with Crippen LogP contribution in [0.4, 0.5) is 5.69 Å². The third-order valence-electron chi connectivity index (χ3n) is 2.76. The molecule has 2 aromatic rings. The van der Waals surface area contributed by atoms with E-state index in [0.717, 1.165) is 10.0 Å². The maximum absolute atomic E-state index is 12.0. The van der Waals surface area contributed by atoms with Gasteiger partial charge in [0.15, 0.2) is 0 Å². The molecule has 0 aliphatic heterocycles. The third kappa shape index (κ3) is 3.66. The van der Waals surface area contributed by atoms with Crippen molar-refractivity contribution in [3.05, 3.63) is 64.1 Å². The Bertz CT molecular complexity index is 562. The number of carbonyl (C=O) groups is 1. The largest absolute Gasteiger partial charge is 0.389 e. The van der Waals surface area contributed by atoms with E-state index in [9.17, 15) is 9.90 Å². The quantitative estimate of drug-likeness (QED) is 0.905. The molecule has 4 heteroatoms. The molecular weight excluding hydrogens is 306 g/mol. The second kappa shape index (κ2) is 5.99. The molecule has 0 saturated heterocycles. The van der Waals surface area contributed by atoms with Gasteiger partial charge in [0.2, 0.25) is 0 Å². The number of nitrogens with one attached hydrogen (secondary N) is 1. The van der Waals surface area contributed by atoms with Crippen LogP contribution in [0, 0.1) is 0 Å². The predicted molar refractivity (Wildman–Crippen MR) is 79.2 cm³/mol. The lowest BCUT2D eigenvalue weighted by Crippen LogP contribution is -2.11. The van der Waals surface area contributed by atoms with Crippen LogP contribution in [0.5, 0.6) is 0 Å². The zero-order chi connectivity index (χ0) is 13.8. The highest BCUT2D eigenvalue weighted by atomic mass is 79.9. The Morgan fingerprint density at radius 3 is 2.21 bits per heavy atom. The Morgan fingerprint density at radius 2 is 1.68 bits per heavy atom. The fourth-order valence-electron chi connectivity index (χ4n) is 1.65. The zero-order valence-corrected chi connectivity index (χ0v) is 12.0. The van der Waals surface area contributed by atoms with Gasteiger partial charge in [-0.3, -0.25) is 4.79 Å². The van der Waals surface area contributed by atoms with E-state index < -0.39 is 6.10 Å². The first-order chi connectivity index (χ1) is 9.06. The minimum Gasteiger partial charge on any atom is -0.389 e. The molecule has 0 aliphatic rings. The molecule has 1 atom stereocenters. The summed E-state index contributed by atoms with van der Waals surface area (Å²) in [6.45, 7) is 1.70. The molecule has 2 rings (SSSR count). The lowest BCUT2D eigenvalue weighted by atomic mass is 10.1. The second-order valence-electron chi connectivity index (χ2n) is 4.26. The van der Waals surface area contributed by atoms with E-state index in [1.54, 1.807) is 43.3 Å². The van der Waals surface area contributed by atoms with Gasteiger partial charge in [-0.1, -0.05) is 28.1 Å². The van der Waals surface area contributed by atoms with Crippen LogP contribution in [-0.4, -0.2) is 11.0 Å². The van der Waals surface area contributed by atoms with Gasteiger partial charge in [-0.15, -0.1) is 0 Å². The Balaban J connectivity index is 2.08. The normalized spacial score (nSPS) is 11.9. The summed E-state index contributed by atoms with van der Waals surface area (Å²) in [5, 5.41) is 12.2. The van der Waals surface area contributed by atoms with Crippen LogP contribution in [-0.2, 0) is 0 Å². The number of rotatable bonds is 3. The number of benzene rings is 2. The van der Waals surface area contributed by atoms with Crippen molar-refractivity contribution in [2.45, 2.75) is 13.0 Å². The van der Waals surface area contributed by atoms with Crippen LogP contribution in [0.2, 0.25) is 0 Å². The van der Waals surface area contributed by atoms with Crippen molar-refractivity contribution in [3.8, 4) is 0 Å². The molecule has 0 spiro atoms. The summed E-state index contributed by atoms with van der Waals surface area (Å²) in [4.78, 5) is 12.0. The van der Waals surface area contributed by atoms with Gasteiger partial charge in [0.25, 0.3) is 5.91 Å². The lowest BCUT2D eigenvalue weighted by Gasteiger charge is -2.08. The number of hydrogen-bond acceptors (Lipinski definition) is 2. The molecule has 0 bridgehead atoms. The van der Waals surface area contributed by atoms with Gasteiger partial charge in [-0.2, -0.15) is 0 Å². The molecule has 19 heavy (non-hydrogen) atoms. The molecule has 2 aromatic carbocycles. The molecule has 98 valence electrons. The van der Waals surface area contributed by atoms with Gasteiger partial charge >= 0.3 is 0 Å². The maximum atomic E-state index is 12.0. The molecule has 0 aromatic heterocycles. The van der Waals surface area contributed by atoms with E-state index in [0.29, 0.717) is 11.3 Å². The van der Waals surface area contributed by atoms with Gasteiger partial charge in [0, 0.05) is 15.7 Å². The number of hydrogen-bond donors (Lipinski definition) is 2. The first-order valence-electron chi connectivity index (χ1n) is 5.91. The van der Waals surface area contributed by atoms with Gasteiger partial charge in [0.1, 0.15) is 0 Å². The van der Waals surface area contributed by atoms with Crippen LogP contribution >= 0.6 is 15.9 Å². The highest BCUT2D eigenvalue weighted by Gasteiger charge is 2.06. The third-order valence-corrected chi connectivity index (χ3v) is 3.29. The van der Waals surface area contributed by atoms with Crippen molar-refractivity contribution in [1.29, 1.82) is 0 Å². The zero-order valence-electron chi connectivity index (χ0n) is 10.4. The molecule has 0 heterocycles. The molecule has 0 unspecified atom stereocenters. The average molecular weight is 320 g/mol.